The summed E-state index contributed by atoms with van der Waals surface area (Å²) in [5.74, 6) is -1.23. The van der Waals surface area contributed by atoms with Gasteiger partial charge in [-0.2, -0.15) is 0 Å². The lowest BCUT2D eigenvalue weighted by molar-refractivity contribution is 0.0943. The first kappa shape index (κ1) is 15.7. The van der Waals surface area contributed by atoms with Crippen LogP contribution in [0.3, 0.4) is 0 Å². The summed E-state index contributed by atoms with van der Waals surface area (Å²) in [6.07, 6.45) is 3.21. The van der Waals surface area contributed by atoms with Crippen molar-refractivity contribution in [2.45, 2.75) is 44.2 Å². The van der Waals surface area contributed by atoms with Crippen LogP contribution >= 0.6 is 0 Å². The monoisotopic (exact) mass is 298 g/mol. The van der Waals surface area contributed by atoms with E-state index in [1.54, 1.807) is 0 Å². The number of nitrogens with one attached hydrogen (secondary N) is 2. The Balaban J connectivity index is 1.73. The van der Waals surface area contributed by atoms with Gasteiger partial charge in [-0.05, 0) is 30.9 Å². The second-order valence-corrected chi connectivity index (χ2v) is 5.34. The smallest absolute Gasteiger partial charge is 0.315 e. The first-order chi connectivity index (χ1) is 10.1. The molecule has 0 radical (unpaired) electrons. The average molecular weight is 298 g/mol. The van der Waals surface area contributed by atoms with Crippen LogP contribution in [0.5, 0.6) is 0 Å². The van der Waals surface area contributed by atoms with E-state index in [2.05, 4.69) is 10.6 Å². The van der Waals surface area contributed by atoms with E-state index in [9.17, 15) is 18.7 Å². The zero-order valence-electron chi connectivity index (χ0n) is 11.7. The summed E-state index contributed by atoms with van der Waals surface area (Å²) in [7, 11) is 0. The highest BCUT2D eigenvalue weighted by atomic mass is 19.1. The van der Waals surface area contributed by atoms with Gasteiger partial charge in [0.15, 0.2) is 0 Å². The Labute approximate surface area is 122 Å². The van der Waals surface area contributed by atoms with Gasteiger partial charge >= 0.3 is 6.03 Å². The zero-order chi connectivity index (χ0) is 15.2. The van der Waals surface area contributed by atoms with Crippen molar-refractivity contribution >= 4 is 6.03 Å². The lowest BCUT2D eigenvalue weighted by atomic mass is 9.93. The zero-order valence-corrected chi connectivity index (χ0v) is 11.7. The summed E-state index contributed by atoms with van der Waals surface area (Å²) in [6, 6.07) is 2.80. The number of carbonyl (C=O) groups excluding carboxylic acids is 1. The fourth-order valence-corrected chi connectivity index (χ4v) is 2.53. The normalized spacial score (nSPS) is 21.9. The number of hydrogen-bond donors (Lipinski definition) is 3. The fraction of sp³-hybridized carbons (Fsp3) is 0.533. The van der Waals surface area contributed by atoms with Crippen molar-refractivity contribution in [3.63, 3.8) is 0 Å². The van der Waals surface area contributed by atoms with E-state index in [-0.39, 0.29) is 25.0 Å². The number of benzene rings is 1. The molecule has 1 aromatic rings. The Morgan fingerprint density at radius 3 is 2.76 bits per heavy atom. The summed E-state index contributed by atoms with van der Waals surface area (Å²) in [5, 5.41) is 15.1. The van der Waals surface area contributed by atoms with Crippen LogP contribution in [0, 0.1) is 11.6 Å². The molecule has 4 nitrogen and oxygen atoms in total. The molecule has 0 bridgehead atoms. The number of hydrogen-bond acceptors (Lipinski definition) is 2. The van der Waals surface area contributed by atoms with Gasteiger partial charge in [-0.25, -0.2) is 13.6 Å². The van der Waals surface area contributed by atoms with Crippen molar-refractivity contribution in [2.75, 3.05) is 6.54 Å². The maximum Gasteiger partial charge on any atom is 0.315 e. The molecule has 0 aromatic heterocycles. The topological polar surface area (TPSA) is 61.4 Å². The summed E-state index contributed by atoms with van der Waals surface area (Å²) in [6.45, 7) is 0.247. The van der Waals surface area contributed by atoms with E-state index in [0.717, 1.165) is 25.3 Å². The maximum atomic E-state index is 13.4. The molecular weight excluding hydrogens is 278 g/mol. The molecule has 21 heavy (non-hydrogen) atoms. The second-order valence-electron chi connectivity index (χ2n) is 5.34. The largest absolute Gasteiger partial charge is 0.391 e. The van der Waals surface area contributed by atoms with Crippen LogP contribution in [0.2, 0.25) is 0 Å². The lowest BCUT2D eigenvalue weighted by Crippen LogP contribution is -2.49. The number of amides is 2. The van der Waals surface area contributed by atoms with E-state index in [4.69, 9.17) is 0 Å². The molecule has 2 atom stereocenters. The third-order valence-corrected chi connectivity index (χ3v) is 3.74. The molecule has 0 heterocycles. The number of carbonyl (C=O) groups is 1. The van der Waals surface area contributed by atoms with Crippen LogP contribution in [0.15, 0.2) is 18.2 Å². The van der Waals surface area contributed by atoms with Crippen LogP contribution in [0.1, 0.15) is 31.2 Å². The molecule has 1 aliphatic rings. The highest BCUT2D eigenvalue weighted by Gasteiger charge is 2.24. The van der Waals surface area contributed by atoms with Crippen molar-refractivity contribution in [1.82, 2.24) is 10.6 Å². The van der Waals surface area contributed by atoms with Gasteiger partial charge in [-0.15, -0.1) is 0 Å². The fourth-order valence-electron chi connectivity index (χ4n) is 2.53. The number of aliphatic hydroxyl groups is 1. The molecule has 0 aliphatic heterocycles. The molecule has 6 heteroatoms. The minimum atomic E-state index is -0.617. The van der Waals surface area contributed by atoms with Gasteiger partial charge in [-0.1, -0.05) is 18.9 Å². The minimum absolute atomic E-state index is 0.221. The number of halogens is 2. The molecule has 1 fully saturated rings. The third kappa shape index (κ3) is 4.67. The van der Waals surface area contributed by atoms with Crippen molar-refractivity contribution in [3.05, 3.63) is 35.4 Å². The molecule has 2 amide bonds. The van der Waals surface area contributed by atoms with E-state index >= 15 is 0 Å². The summed E-state index contributed by atoms with van der Waals surface area (Å²) in [4.78, 5) is 11.7. The molecule has 0 saturated heterocycles. The predicted molar refractivity (Wildman–Crippen MR) is 74.9 cm³/mol. The van der Waals surface area contributed by atoms with Crippen molar-refractivity contribution < 1.29 is 18.7 Å². The Morgan fingerprint density at radius 1 is 1.29 bits per heavy atom. The van der Waals surface area contributed by atoms with E-state index in [1.165, 1.54) is 12.1 Å². The number of urea groups is 1. The molecule has 1 aromatic carbocycles. The number of rotatable bonds is 4. The van der Waals surface area contributed by atoms with E-state index < -0.39 is 17.7 Å². The molecule has 1 aliphatic carbocycles. The minimum Gasteiger partial charge on any atom is -0.391 e. The third-order valence-electron chi connectivity index (χ3n) is 3.74. The molecule has 0 spiro atoms. The highest BCUT2D eigenvalue weighted by Crippen LogP contribution is 2.18. The first-order valence-electron chi connectivity index (χ1n) is 7.22. The summed E-state index contributed by atoms with van der Waals surface area (Å²) in [5.41, 5.74) is 0.356. The Bertz CT molecular complexity index is 497. The molecule has 2 rings (SSSR count). The van der Waals surface area contributed by atoms with Crippen LogP contribution < -0.4 is 10.6 Å². The predicted octanol–water partition coefficient (Wildman–Crippen LogP) is 2.11. The van der Waals surface area contributed by atoms with Gasteiger partial charge in [0.1, 0.15) is 11.6 Å². The lowest BCUT2D eigenvalue weighted by Gasteiger charge is -2.28. The second kappa shape index (κ2) is 7.36. The SMILES string of the molecule is O=C(NCCc1ccc(F)cc1F)NC1CCCCC1O. The van der Waals surface area contributed by atoms with E-state index in [1.807, 2.05) is 0 Å². The Hall–Kier alpha value is -1.69. The highest BCUT2D eigenvalue weighted by molar-refractivity contribution is 5.74. The summed E-state index contributed by atoms with van der Waals surface area (Å²) < 4.78 is 26.1. The molecule has 2 unspecified atom stereocenters. The van der Waals surface area contributed by atoms with Crippen LogP contribution in [-0.4, -0.2) is 29.8 Å². The Kier molecular flexibility index (Phi) is 5.50. The molecular formula is C15H20F2N2O2. The van der Waals surface area contributed by atoms with Gasteiger partial charge in [0, 0.05) is 12.6 Å². The van der Waals surface area contributed by atoms with Crippen molar-refractivity contribution in [3.8, 4) is 0 Å². The maximum absolute atomic E-state index is 13.4. The standard InChI is InChI=1S/C15H20F2N2O2/c16-11-6-5-10(12(17)9-11)7-8-18-15(21)19-13-3-1-2-4-14(13)20/h5-6,9,13-14,20H,1-4,7-8H2,(H2,18,19,21). The van der Waals surface area contributed by atoms with Crippen LogP contribution in [0.25, 0.3) is 0 Å². The Morgan fingerprint density at radius 2 is 2.05 bits per heavy atom. The molecule has 1 saturated carbocycles. The van der Waals surface area contributed by atoms with Gasteiger partial charge in [0.2, 0.25) is 0 Å². The van der Waals surface area contributed by atoms with Gasteiger partial charge in [0.25, 0.3) is 0 Å². The number of aliphatic hydroxyl groups excluding tert-OH is 1. The van der Waals surface area contributed by atoms with Crippen molar-refractivity contribution in [2.24, 2.45) is 0 Å². The van der Waals surface area contributed by atoms with Gasteiger partial charge in [0.05, 0.1) is 12.1 Å². The van der Waals surface area contributed by atoms with Crippen LogP contribution in [-0.2, 0) is 6.42 Å². The van der Waals surface area contributed by atoms with Crippen molar-refractivity contribution in [1.29, 1.82) is 0 Å². The van der Waals surface area contributed by atoms with E-state index in [0.29, 0.717) is 12.0 Å². The summed E-state index contributed by atoms with van der Waals surface area (Å²) >= 11 is 0. The molecule has 3 N–H and O–H groups in total. The average Bonchev–Trinajstić information content (AvgIpc) is 2.44. The quantitative estimate of drug-likeness (QED) is 0.797. The van der Waals surface area contributed by atoms with Gasteiger partial charge in [-0.3, -0.25) is 0 Å². The first-order valence-corrected chi connectivity index (χ1v) is 7.22. The van der Waals surface area contributed by atoms with Gasteiger partial charge < -0.3 is 15.7 Å². The molecule has 116 valence electrons. The van der Waals surface area contributed by atoms with Crippen LogP contribution in [0.4, 0.5) is 13.6 Å².